The summed E-state index contributed by atoms with van der Waals surface area (Å²) >= 11 is 0. The summed E-state index contributed by atoms with van der Waals surface area (Å²) in [5.41, 5.74) is 2.87. The Kier molecular flexibility index (Phi) is 4.49. The van der Waals surface area contributed by atoms with E-state index in [1.165, 1.54) is 0 Å². The predicted molar refractivity (Wildman–Crippen MR) is 89.2 cm³/mol. The van der Waals surface area contributed by atoms with E-state index in [2.05, 4.69) is 15.6 Å². The third-order valence-electron chi connectivity index (χ3n) is 3.55. The fourth-order valence-electron chi connectivity index (χ4n) is 2.42. The first-order valence-electron chi connectivity index (χ1n) is 7.54. The monoisotopic (exact) mass is 293 g/mol. The molecule has 0 saturated heterocycles. The minimum absolute atomic E-state index is 0.00733. The van der Waals surface area contributed by atoms with Crippen molar-refractivity contribution < 1.29 is 4.79 Å². The largest absolute Gasteiger partial charge is 0.370 e. The number of anilines is 1. The van der Waals surface area contributed by atoms with Gasteiger partial charge in [-0.25, -0.2) is 0 Å². The Labute approximate surface area is 130 Å². The van der Waals surface area contributed by atoms with E-state index in [9.17, 15) is 4.79 Å². The number of hydrogen-bond acceptors (Lipinski definition) is 3. The topological polar surface area (TPSA) is 53.5 Å². The second-order valence-corrected chi connectivity index (χ2v) is 5.30. The van der Waals surface area contributed by atoms with Gasteiger partial charge in [-0.1, -0.05) is 30.3 Å². The Morgan fingerprint density at radius 3 is 2.55 bits per heavy atom. The maximum Gasteiger partial charge on any atom is 0.228 e. The fraction of sp³-hybridized carbons (Fsp3) is 0.222. The van der Waals surface area contributed by atoms with Crippen molar-refractivity contribution in [1.82, 2.24) is 5.32 Å². The Bertz CT molecular complexity index is 662. The molecule has 1 heterocycles. The number of amides is 1. The molecule has 0 atom stereocenters. The van der Waals surface area contributed by atoms with Crippen LogP contribution < -0.4 is 10.6 Å². The quantitative estimate of drug-likeness (QED) is 0.910. The van der Waals surface area contributed by atoms with Crippen LogP contribution in [0.2, 0.25) is 0 Å². The molecule has 0 radical (unpaired) electrons. The van der Waals surface area contributed by atoms with Crippen LogP contribution >= 0.6 is 0 Å². The van der Waals surface area contributed by atoms with Crippen molar-refractivity contribution in [3.8, 4) is 0 Å². The molecule has 1 aliphatic rings. The zero-order valence-electron chi connectivity index (χ0n) is 12.4. The molecule has 0 saturated carbocycles. The van der Waals surface area contributed by atoms with E-state index in [0.29, 0.717) is 6.42 Å². The smallest absolute Gasteiger partial charge is 0.228 e. The average Bonchev–Trinajstić information content (AvgIpc) is 2.57. The number of carbonyl (C=O) groups excluding carboxylic acids is 1. The SMILES string of the molecule is O=C(Cc1ccccc1)Nc1ccc(C2=NCCCN2)cc1. The van der Waals surface area contributed by atoms with Crippen LogP contribution in [-0.4, -0.2) is 24.8 Å². The summed E-state index contributed by atoms with van der Waals surface area (Å²) in [6.45, 7) is 1.84. The molecule has 1 amide bonds. The van der Waals surface area contributed by atoms with Crippen LogP contribution in [0.3, 0.4) is 0 Å². The van der Waals surface area contributed by atoms with E-state index < -0.39 is 0 Å². The van der Waals surface area contributed by atoms with Crippen LogP contribution in [0.15, 0.2) is 59.6 Å². The standard InChI is InChI=1S/C18H19N3O/c22-17(13-14-5-2-1-3-6-14)21-16-9-7-15(8-10-16)18-19-11-4-12-20-18/h1-3,5-10H,4,11-13H2,(H,19,20)(H,21,22). The molecule has 1 aliphatic heterocycles. The lowest BCUT2D eigenvalue weighted by atomic mass is 10.1. The van der Waals surface area contributed by atoms with Crippen LogP contribution in [0.4, 0.5) is 5.69 Å². The van der Waals surface area contributed by atoms with Crippen LogP contribution in [0.1, 0.15) is 17.5 Å². The highest BCUT2D eigenvalue weighted by molar-refractivity contribution is 6.00. The highest BCUT2D eigenvalue weighted by Crippen LogP contribution is 2.12. The number of nitrogens with zero attached hydrogens (tertiary/aromatic N) is 1. The number of rotatable bonds is 4. The molecule has 4 nitrogen and oxygen atoms in total. The van der Waals surface area contributed by atoms with Crippen molar-refractivity contribution in [3.63, 3.8) is 0 Å². The van der Waals surface area contributed by atoms with Gasteiger partial charge in [0.15, 0.2) is 0 Å². The van der Waals surface area contributed by atoms with Gasteiger partial charge in [0.1, 0.15) is 5.84 Å². The van der Waals surface area contributed by atoms with E-state index in [1.807, 2.05) is 54.6 Å². The highest BCUT2D eigenvalue weighted by atomic mass is 16.1. The van der Waals surface area contributed by atoms with Gasteiger partial charge in [0.2, 0.25) is 5.91 Å². The van der Waals surface area contributed by atoms with E-state index in [1.54, 1.807) is 0 Å². The van der Waals surface area contributed by atoms with Crippen molar-refractivity contribution in [2.75, 3.05) is 18.4 Å². The van der Waals surface area contributed by atoms with E-state index in [-0.39, 0.29) is 5.91 Å². The zero-order valence-corrected chi connectivity index (χ0v) is 12.4. The summed E-state index contributed by atoms with van der Waals surface area (Å²) < 4.78 is 0. The first kappa shape index (κ1) is 14.3. The highest BCUT2D eigenvalue weighted by Gasteiger charge is 2.08. The lowest BCUT2D eigenvalue weighted by Gasteiger charge is -2.15. The summed E-state index contributed by atoms with van der Waals surface area (Å²) in [6, 6.07) is 17.5. The number of carbonyl (C=O) groups is 1. The molecular weight excluding hydrogens is 274 g/mol. The summed E-state index contributed by atoms with van der Waals surface area (Å²) in [7, 11) is 0. The third kappa shape index (κ3) is 3.73. The molecule has 0 unspecified atom stereocenters. The Balaban J connectivity index is 1.61. The molecule has 3 rings (SSSR count). The molecule has 2 aromatic rings. The second kappa shape index (κ2) is 6.89. The summed E-state index contributed by atoms with van der Waals surface area (Å²) in [4.78, 5) is 16.5. The lowest BCUT2D eigenvalue weighted by Crippen LogP contribution is -2.30. The average molecular weight is 293 g/mol. The lowest BCUT2D eigenvalue weighted by molar-refractivity contribution is -0.115. The van der Waals surface area contributed by atoms with Gasteiger partial charge in [-0.15, -0.1) is 0 Å². The molecule has 2 N–H and O–H groups in total. The molecule has 4 heteroatoms. The first-order chi connectivity index (χ1) is 10.8. The van der Waals surface area contributed by atoms with Gasteiger partial charge in [0.05, 0.1) is 6.42 Å². The van der Waals surface area contributed by atoms with E-state index in [4.69, 9.17) is 0 Å². The molecule has 0 aromatic heterocycles. The molecule has 0 fully saturated rings. The van der Waals surface area contributed by atoms with Crippen molar-refractivity contribution in [2.45, 2.75) is 12.8 Å². The third-order valence-corrected chi connectivity index (χ3v) is 3.55. The van der Waals surface area contributed by atoms with Crippen molar-refractivity contribution in [2.24, 2.45) is 4.99 Å². The van der Waals surface area contributed by atoms with Gasteiger partial charge < -0.3 is 10.6 Å². The molecule has 0 spiro atoms. The van der Waals surface area contributed by atoms with Crippen LogP contribution in [0, 0.1) is 0 Å². The second-order valence-electron chi connectivity index (χ2n) is 5.30. The Morgan fingerprint density at radius 2 is 1.86 bits per heavy atom. The molecular formula is C18H19N3O. The summed E-state index contributed by atoms with van der Waals surface area (Å²) in [5.74, 6) is 0.931. The zero-order chi connectivity index (χ0) is 15.2. The number of benzene rings is 2. The van der Waals surface area contributed by atoms with Gasteiger partial charge in [-0.3, -0.25) is 9.79 Å². The van der Waals surface area contributed by atoms with Crippen molar-refractivity contribution in [3.05, 3.63) is 65.7 Å². The van der Waals surface area contributed by atoms with E-state index in [0.717, 1.165) is 42.2 Å². The molecule has 2 aromatic carbocycles. The number of aliphatic imine (C=N–C) groups is 1. The minimum atomic E-state index is -0.00733. The maximum atomic E-state index is 12.0. The van der Waals surface area contributed by atoms with Gasteiger partial charge >= 0.3 is 0 Å². The summed E-state index contributed by atoms with van der Waals surface area (Å²) in [5, 5.41) is 6.21. The normalized spacial score (nSPS) is 13.9. The number of amidine groups is 1. The molecule has 22 heavy (non-hydrogen) atoms. The minimum Gasteiger partial charge on any atom is -0.370 e. The van der Waals surface area contributed by atoms with E-state index >= 15 is 0 Å². The van der Waals surface area contributed by atoms with Crippen molar-refractivity contribution in [1.29, 1.82) is 0 Å². The fourth-order valence-corrected chi connectivity index (χ4v) is 2.42. The maximum absolute atomic E-state index is 12.0. The van der Waals surface area contributed by atoms with Crippen LogP contribution in [0.25, 0.3) is 0 Å². The predicted octanol–water partition coefficient (Wildman–Crippen LogP) is 2.61. The molecule has 0 aliphatic carbocycles. The Morgan fingerprint density at radius 1 is 1.09 bits per heavy atom. The number of nitrogens with one attached hydrogen (secondary N) is 2. The first-order valence-corrected chi connectivity index (χ1v) is 7.54. The van der Waals surface area contributed by atoms with Gasteiger partial charge in [-0.2, -0.15) is 0 Å². The molecule has 112 valence electrons. The van der Waals surface area contributed by atoms with Gasteiger partial charge in [0, 0.05) is 24.3 Å². The van der Waals surface area contributed by atoms with Crippen LogP contribution in [0.5, 0.6) is 0 Å². The number of hydrogen-bond donors (Lipinski definition) is 2. The van der Waals surface area contributed by atoms with Gasteiger partial charge in [-0.05, 0) is 36.2 Å². The Hall–Kier alpha value is -2.62. The van der Waals surface area contributed by atoms with Crippen LogP contribution in [-0.2, 0) is 11.2 Å². The van der Waals surface area contributed by atoms with Crippen molar-refractivity contribution >= 4 is 17.4 Å². The molecule has 0 bridgehead atoms. The van der Waals surface area contributed by atoms with Gasteiger partial charge in [0.25, 0.3) is 0 Å². The summed E-state index contributed by atoms with van der Waals surface area (Å²) in [6.07, 6.45) is 1.47.